The summed E-state index contributed by atoms with van der Waals surface area (Å²) >= 11 is 0. The molecule has 0 aliphatic carbocycles. The summed E-state index contributed by atoms with van der Waals surface area (Å²) in [6, 6.07) is 0.0481. The molecule has 1 amide bonds. The monoisotopic (exact) mass is 250 g/mol. The summed E-state index contributed by atoms with van der Waals surface area (Å²) in [4.78, 5) is 25.2. The van der Waals surface area contributed by atoms with Gasteiger partial charge in [-0.05, 0) is 18.9 Å². The summed E-state index contributed by atoms with van der Waals surface area (Å²) in [5.41, 5.74) is -0.0559. The van der Waals surface area contributed by atoms with Crippen LogP contribution in [0.2, 0.25) is 0 Å². The molecule has 1 saturated heterocycles. The van der Waals surface area contributed by atoms with E-state index in [2.05, 4.69) is 16.8 Å². The maximum Gasteiger partial charge on any atom is 0.358 e. The van der Waals surface area contributed by atoms with Crippen LogP contribution in [0.3, 0.4) is 0 Å². The van der Waals surface area contributed by atoms with Crippen LogP contribution in [0.5, 0.6) is 0 Å². The average molecular weight is 250 g/mol. The van der Waals surface area contributed by atoms with Gasteiger partial charge in [-0.2, -0.15) is 9.90 Å². The third-order valence-corrected chi connectivity index (χ3v) is 3.01. The van der Waals surface area contributed by atoms with Crippen molar-refractivity contribution in [2.45, 2.75) is 18.9 Å². The van der Waals surface area contributed by atoms with E-state index in [0.29, 0.717) is 25.9 Å². The van der Waals surface area contributed by atoms with E-state index >= 15 is 0 Å². The van der Waals surface area contributed by atoms with E-state index in [-0.39, 0.29) is 17.6 Å². The number of likely N-dealkylation sites (tertiary alicyclic amines) is 1. The Morgan fingerprint density at radius 1 is 1.44 bits per heavy atom. The van der Waals surface area contributed by atoms with Crippen molar-refractivity contribution in [3.8, 4) is 0 Å². The van der Waals surface area contributed by atoms with Crippen molar-refractivity contribution in [2.24, 2.45) is 0 Å². The van der Waals surface area contributed by atoms with E-state index < -0.39 is 5.97 Å². The Bertz CT molecular complexity index is 474. The van der Waals surface area contributed by atoms with Crippen LogP contribution >= 0.6 is 0 Å². The van der Waals surface area contributed by atoms with Crippen LogP contribution in [0.25, 0.3) is 0 Å². The van der Waals surface area contributed by atoms with Gasteiger partial charge in [-0.15, -0.1) is 5.10 Å². The fraction of sp³-hybridized carbons (Fsp3) is 0.455. The van der Waals surface area contributed by atoms with E-state index in [1.54, 1.807) is 4.90 Å². The van der Waals surface area contributed by atoms with Crippen LogP contribution in [0.1, 0.15) is 29.4 Å². The van der Waals surface area contributed by atoms with Crippen molar-refractivity contribution in [3.05, 3.63) is 24.5 Å². The Labute approximate surface area is 104 Å². The first-order chi connectivity index (χ1) is 8.61. The van der Waals surface area contributed by atoms with Gasteiger partial charge < -0.3 is 10.0 Å². The van der Waals surface area contributed by atoms with Crippen LogP contribution in [-0.2, 0) is 4.79 Å². The molecule has 1 fully saturated rings. The first-order valence-corrected chi connectivity index (χ1v) is 5.68. The van der Waals surface area contributed by atoms with Crippen LogP contribution in [0.15, 0.2) is 18.9 Å². The van der Waals surface area contributed by atoms with Gasteiger partial charge in [0.1, 0.15) is 0 Å². The van der Waals surface area contributed by atoms with Crippen LogP contribution in [-0.4, -0.2) is 50.0 Å². The molecule has 96 valence electrons. The summed E-state index contributed by atoms with van der Waals surface area (Å²) in [5.74, 6) is -1.16. The lowest BCUT2D eigenvalue weighted by atomic mass is 10.1. The van der Waals surface area contributed by atoms with E-state index in [4.69, 9.17) is 5.11 Å². The van der Waals surface area contributed by atoms with Crippen LogP contribution in [0, 0.1) is 0 Å². The van der Waals surface area contributed by atoms with Crippen molar-refractivity contribution in [1.82, 2.24) is 19.9 Å². The van der Waals surface area contributed by atoms with E-state index in [1.807, 2.05) is 0 Å². The maximum absolute atomic E-state index is 11.4. The van der Waals surface area contributed by atoms with Gasteiger partial charge in [0.25, 0.3) is 0 Å². The summed E-state index contributed by atoms with van der Waals surface area (Å²) < 4.78 is 0. The predicted octanol–water partition coefficient (Wildman–Crippen LogP) is 0.326. The molecule has 1 N–H and O–H groups in total. The number of carbonyl (C=O) groups excluding carboxylic acids is 1. The second-order valence-corrected chi connectivity index (χ2v) is 4.12. The lowest BCUT2D eigenvalue weighted by Gasteiger charge is -2.30. The molecule has 0 radical (unpaired) electrons. The number of hydrogen-bond donors (Lipinski definition) is 1. The number of carboxylic acid groups (broad SMARTS) is 1. The molecule has 0 aromatic carbocycles. The lowest BCUT2D eigenvalue weighted by molar-refractivity contribution is -0.127. The highest BCUT2D eigenvalue weighted by molar-refractivity contribution is 5.87. The van der Waals surface area contributed by atoms with Gasteiger partial charge in [-0.25, -0.2) is 4.79 Å². The number of piperidine rings is 1. The Hall–Kier alpha value is -2.18. The average Bonchev–Trinajstić information content (AvgIpc) is 2.88. The van der Waals surface area contributed by atoms with Crippen molar-refractivity contribution < 1.29 is 14.7 Å². The van der Waals surface area contributed by atoms with Crippen LogP contribution in [0.4, 0.5) is 0 Å². The third-order valence-electron chi connectivity index (χ3n) is 3.01. The van der Waals surface area contributed by atoms with Gasteiger partial charge in [0.05, 0.1) is 12.2 Å². The van der Waals surface area contributed by atoms with Crippen molar-refractivity contribution in [1.29, 1.82) is 0 Å². The quantitative estimate of drug-likeness (QED) is 0.781. The van der Waals surface area contributed by atoms with Gasteiger partial charge >= 0.3 is 5.97 Å². The Kier molecular flexibility index (Phi) is 3.40. The van der Waals surface area contributed by atoms with Crippen molar-refractivity contribution in [2.75, 3.05) is 13.1 Å². The minimum atomic E-state index is -1.08. The van der Waals surface area contributed by atoms with E-state index in [1.165, 1.54) is 17.1 Å². The maximum atomic E-state index is 11.4. The molecule has 18 heavy (non-hydrogen) atoms. The molecular formula is C11H14N4O3. The molecule has 1 aromatic heterocycles. The summed E-state index contributed by atoms with van der Waals surface area (Å²) in [6.07, 6.45) is 3.97. The molecule has 0 atom stereocenters. The van der Waals surface area contributed by atoms with Gasteiger partial charge in [0, 0.05) is 13.1 Å². The zero-order valence-corrected chi connectivity index (χ0v) is 9.82. The Morgan fingerprint density at radius 2 is 2.11 bits per heavy atom. The fourth-order valence-electron chi connectivity index (χ4n) is 2.00. The number of aromatic carboxylic acids is 1. The van der Waals surface area contributed by atoms with Gasteiger partial charge in [-0.3, -0.25) is 4.79 Å². The Morgan fingerprint density at radius 3 is 2.61 bits per heavy atom. The minimum Gasteiger partial charge on any atom is -0.476 e. The first kappa shape index (κ1) is 12.3. The van der Waals surface area contributed by atoms with Gasteiger partial charge in [-0.1, -0.05) is 6.58 Å². The fourth-order valence-corrected chi connectivity index (χ4v) is 2.00. The molecule has 2 rings (SSSR count). The molecule has 0 spiro atoms. The molecule has 2 heterocycles. The predicted molar refractivity (Wildman–Crippen MR) is 62.0 cm³/mol. The molecule has 0 bridgehead atoms. The second-order valence-electron chi connectivity index (χ2n) is 4.12. The first-order valence-electron chi connectivity index (χ1n) is 5.68. The number of carboxylic acids is 1. The number of rotatable bonds is 3. The highest BCUT2D eigenvalue weighted by atomic mass is 16.4. The lowest BCUT2D eigenvalue weighted by Crippen LogP contribution is -2.38. The standard InChI is InChI=1S/C11H14N4O3/c1-2-10(16)14-5-3-8(4-6-14)15-12-7-9(13-15)11(17)18/h2,7-8H,1,3-6H2,(H,17,18). The summed E-state index contributed by atoms with van der Waals surface area (Å²) in [7, 11) is 0. The second kappa shape index (κ2) is 4.99. The topological polar surface area (TPSA) is 88.3 Å². The SMILES string of the molecule is C=CC(=O)N1CCC(n2ncc(C(=O)O)n2)CC1. The molecule has 1 aliphatic rings. The zero-order valence-electron chi connectivity index (χ0n) is 9.82. The molecule has 7 heteroatoms. The molecule has 1 aromatic rings. The number of aromatic nitrogens is 3. The van der Waals surface area contributed by atoms with Gasteiger partial charge in [0.15, 0.2) is 5.69 Å². The zero-order chi connectivity index (χ0) is 13.1. The number of carbonyl (C=O) groups is 2. The van der Waals surface area contributed by atoms with Crippen LogP contribution < -0.4 is 0 Å². The number of amides is 1. The molecule has 0 unspecified atom stereocenters. The summed E-state index contributed by atoms with van der Waals surface area (Å²) in [5, 5.41) is 16.6. The largest absolute Gasteiger partial charge is 0.476 e. The summed E-state index contributed by atoms with van der Waals surface area (Å²) in [6.45, 7) is 4.67. The minimum absolute atomic E-state index is 0.0481. The molecular weight excluding hydrogens is 236 g/mol. The normalized spacial score (nSPS) is 16.6. The highest BCUT2D eigenvalue weighted by Crippen LogP contribution is 2.21. The van der Waals surface area contributed by atoms with Crippen molar-refractivity contribution >= 4 is 11.9 Å². The molecule has 1 aliphatic heterocycles. The number of hydrogen-bond acceptors (Lipinski definition) is 4. The van der Waals surface area contributed by atoms with Gasteiger partial charge in [0.2, 0.25) is 5.91 Å². The van der Waals surface area contributed by atoms with Crippen molar-refractivity contribution in [3.63, 3.8) is 0 Å². The van der Waals surface area contributed by atoms with E-state index in [0.717, 1.165) is 0 Å². The highest BCUT2D eigenvalue weighted by Gasteiger charge is 2.24. The van der Waals surface area contributed by atoms with E-state index in [9.17, 15) is 9.59 Å². The third kappa shape index (κ3) is 2.39. The number of nitrogens with zero attached hydrogens (tertiary/aromatic N) is 4. The Balaban J connectivity index is 1.98. The molecule has 0 saturated carbocycles. The molecule has 7 nitrogen and oxygen atoms in total. The smallest absolute Gasteiger partial charge is 0.358 e.